The second kappa shape index (κ2) is 5.72. The summed E-state index contributed by atoms with van der Waals surface area (Å²) in [6.45, 7) is 1.41. The van der Waals surface area contributed by atoms with Crippen LogP contribution in [0.3, 0.4) is 0 Å². The Morgan fingerprint density at radius 1 is 1.30 bits per heavy atom. The van der Waals surface area contributed by atoms with E-state index in [0.717, 1.165) is 0 Å². The molecule has 2 rings (SSSR count). The number of nitrogens with zero attached hydrogens (tertiary/aromatic N) is 1. The SMILES string of the molecule is CC(=O)c1ccc(Oc2ccc(F)c(Cl)c2)c(C#N)c1. The average Bonchev–Trinajstić information content (AvgIpc) is 2.43. The lowest BCUT2D eigenvalue weighted by Crippen LogP contribution is -1.95. The van der Waals surface area contributed by atoms with Crippen molar-refractivity contribution in [1.29, 1.82) is 5.26 Å². The molecule has 0 heterocycles. The smallest absolute Gasteiger partial charge is 0.159 e. The number of ketones is 1. The molecule has 0 aromatic heterocycles. The normalized spacial score (nSPS) is 9.90. The van der Waals surface area contributed by atoms with Gasteiger partial charge in [0.15, 0.2) is 5.78 Å². The number of nitriles is 1. The molecule has 0 saturated heterocycles. The van der Waals surface area contributed by atoms with E-state index in [9.17, 15) is 9.18 Å². The van der Waals surface area contributed by atoms with Crippen LogP contribution in [0, 0.1) is 17.1 Å². The molecule has 0 unspecified atom stereocenters. The molecule has 0 aliphatic carbocycles. The minimum Gasteiger partial charge on any atom is -0.456 e. The van der Waals surface area contributed by atoms with Gasteiger partial charge in [0.2, 0.25) is 0 Å². The fourth-order valence-electron chi connectivity index (χ4n) is 1.59. The van der Waals surface area contributed by atoms with Crippen LogP contribution < -0.4 is 4.74 Å². The van der Waals surface area contributed by atoms with Crippen LogP contribution >= 0.6 is 11.6 Å². The third-order valence-corrected chi connectivity index (χ3v) is 2.92. The van der Waals surface area contributed by atoms with Crippen molar-refractivity contribution in [3.05, 3.63) is 58.4 Å². The van der Waals surface area contributed by atoms with Gasteiger partial charge in [-0.25, -0.2) is 4.39 Å². The van der Waals surface area contributed by atoms with E-state index in [2.05, 4.69) is 0 Å². The molecule has 0 spiro atoms. The summed E-state index contributed by atoms with van der Waals surface area (Å²) in [6, 6.07) is 10.4. The van der Waals surface area contributed by atoms with Crippen LogP contribution in [0.5, 0.6) is 11.5 Å². The fourth-order valence-corrected chi connectivity index (χ4v) is 1.76. The van der Waals surface area contributed by atoms with Gasteiger partial charge in [-0.05, 0) is 37.3 Å². The molecule has 0 aliphatic rings. The summed E-state index contributed by atoms with van der Waals surface area (Å²) in [6.07, 6.45) is 0. The summed E-state index contributed by atoms with van der Waals surface area (Å²) in [5.74, 6) is -0.104. The molecule has 5 heteroatoms. The van der Waals surface area contributed by atoms with E-state index in [0.29, 0.717) is 11.3 Å². The number of halogens is 2. The summed E-state index contributed by atoms with van der Waals surface area (Å²) in [4.78, 5) is 11.3. The number of Topliss-reactive ketones (excluding diaryl/α,β-unsaturated/α-hetero) is 1. The Kier molecular flexibility index (Phi) is 4.02. The summed E-state index contributed by atoms with van der Waals surface area (Å²) in [5.41, 5.74) is 0.643. The molecule has 0 radical (unpaired) electrons. The van der Waals surface area contributed by atoms with E-state index in [-0.39, 0.29) is 22.1 Å². The average molecular weight is 290 g/mol. The van der Waals surface area contributed by atoms with Gasteiger partial charge in [0, 0.05) is 11.6 Å². The summed E-state index contributed by atoms with van der Waals surface area (Å²) in [7, 11) is 0. The Morgan fingerprint density at radius 3 is 2.65 bits per heavy atom. The van der Waals surface area contributed by atoms with E-state index < -0.39 is 5.82 Å². The van der Waals surface area contributed by atoms with E-state index in [1.807, 2.05) is 6.07 Å². The highest BCUT2D eigenvalue weighted by Gasteiger charge is 2.09. The van der Waals surface area contributed by atoms with E-state index >= 15 is 0 Å². The molecule has 0 fully saturated rings. The predicted octanol–water partition coefficient (Wildman–Crippen LogP) is 4.35. The van der Waals surface area contributed by atoms with Crippen LogP contribution in [0.15, 0.2) is 36.4 Å². The number of benzene rings is 2. The zero-order chi connectivity index (χ0) is 14.7. The van der Waals surface area contributed by atoms with Crippen molar-refractivity contribution in [2.45, 2.75) is 6.92 Å². The van der Waals surface area contributed by atoms with Crippen LogP contribution in [0.25, 0.3) is 0 Å². The number of carbonyl (C=O) groups excluding carboxylic acids is 1. The lowest BCUT2D eigenvalue weighted by atomic mass is 10.1. The summed E-state index contributed by atoms with van der Waals surface area (Å²) >= 11 is 5.66. The molecular weight excluding hydrogens is 281 g/mol. The summed E-state index contributed by atoms with van der Waals surface area (Å²) in [5, 5.41) is 9.01. The molecule has 20 heavy (non-hydrogen) atoms. The van der Waals surface area contributed by atoms with Crippen molar-refractivity contribution in [2.75, 3.05) is 0 Å². The topological polar surface area (TPSA) is 50.1 Å². The Hall–Kier alpha value is -2.38. The number of ether oxygens (including phenoxy) is 1. The molecule has 3 nitrogen and oxygen atoms in total. The van der Waals surface area contributed by atoms with Crippen LogP contribution in [0.4, 0.5) is 4.39 Å². The molecule has 0 atom stereocenters. The van der Waals surface area contributed by atoms with Gasteiger partial charge in [-0.2, -0.15) is 5.26 Å². The lowest BCUT2D eigenvalue weighted by molar-refractivity contribution is 0.101. The number of hydrogen-bond acceptors (Lipinski definition) is 3. The van der Waals surface area contributed by atoms with Crippen molar-refractivity contribution in [3.63, 3.8) is 0 Å². The Balaban J connectivity index is 2.36. The van der Waals surface area contributed by atoms with Gasteiger partial charge in [0.05, 0.1) is 10.6 Å². The molecular formula is C15H9ClFNO2. The van der Waals surface area contributed by atoms with Crippen molar-refractivity contribution in [1.82, 2.24) is 0 Å². The largest absolute Gasteiger partial charge is 0.456 e. The minimum absolute atomic E-state index is 0.0682. The third-order valence-electron chi connectivity index (χ3n) is 2.63. The fraction of sp³-hybridized carbons (Fsp3) is 0.0667. The first kappa shape index (κ1) is 14.0. The molecule has 2 aromatic carbocycles. The van der Waals surface area contributed by atoms with Gasteiger partial charge in [-0.3, -0.25) is 4.79 Å². The van der Waals surface area contributed by atoms with E-state index in [1.165, 1.54) is 37.3 Å². The van der Waals surface area contributed by atoms with E-state index in [4.69, 9.17) is 21.6 Å². The minimum atomic E-state index is -0.550. The molecule has 0 N–H and O–H groups in total. The highest BCUT2D eigenvalue weighted by atomic mass is 35.5. The van der Waals surface area contributed by atoms with Gasteiger partial charge in [-0.1, -0.05) is 11.6 Å². The van der Waals surface area contributed by atoms with Crippen molar-refractivity contribution < 1.29 is 13.9 Å². The van der Waals surface area contributed by atoms with Crippen molar-refractivity contribution >= 4 is 17.4 Å². The zero-order valence-corrected chi connectivity index (χ0v) is 11.2. The predicted molar refractivity (Wildman–Crippen MR) is 72.6 cm³/mol. The first-order chi connectivity index (χ1) is 9.51. The summed E-state index contributed by atoms with van der Waals surface area (Å²) < 4.78 is 18.5. The van der Waals surface area contributed by atoms with E-state index in [1.54, 1.807) is 6.07 Å². The van der Waals surface area contributed by atoms with Gasteiger partial charge in [0.1, 0.15) is 23.4 Å². The molecule has 0 saturated carbocycles. The monoisotopic (exact) mass is 289 g/mol. The molecule has 0 amide bonds. The number of hydrogen-bond donors (Lipinski definition) is 0. The van der Waals surface area contributed by atoms with Gasteiger partial charge in [-0.15, -0.1) is 0 Å². The second-order valence-electron chi connectivity index (χ2n) is 4.06. The van der Waals surface area contributed by atoms with Crippen molar-refractivity contribution in [3.8, 4) is 17.6 Å². The Bertz CT molecular complexity index is 722. The second-order valence-corrected chi connectivity index (χ2v) is 4.46. The van der Waals surface area contributed by atoms with Crippen LogP contribution in [0.2, 0.25) is 5.02 Å². The number of carbonyl (C=O) groups is 1. The third kappa shape index (κ3) is 2.95. The highest BCUT2D eigenvalue weighted by Crippen LogP contribution is 2.28. The standard InChI is InChI=1S/C15H9ClFNO2/c1-9(19)10-2-5-15(11(6-10)8-18)20-12-3-4-14(17)13(16)7-12/h2-7H,1H3. The van der Waals surface area contributed by atoms with Crippen LogP contribution in [-0.4, -0.2) is 5.78 Å². The maximum atomic E-state index is 13.0. The van der Waals surface area contributed by atoms with Gasteiger partial charge in [0.25, 0.3) is 0 Å². The molecule has 0 bridgehead atoms. The molecule has 0 aliphatic heterocycles. The highest BCUT2D eigenvalue weighted by molar-refractivity contribution is 6.30. The van der Waals surface area contributed by atoms with Crippen LogP contribution in [0.1, 0.15) is 22.8 Å². The maximum absolute atomic E-state index is 13.0. The lowest BCUT2D eigenvalue weighted by Gasteiger charge is -2.08. The van der Waals surface area contributed by atoms with Gasteiger partial charge < -0.3 is 4.74 Å². The first-order valence-electron chi connectivity index (χ1n) is 5.69. The van der Waals surface area contributed by atoms with Crippen molar-refractivity contribution in [2.24, 2.45) is 0 Å². The Morgan fingerprint density at radius 2 is 2.05 bits per heavy atom. The zero-order valence-electron chi connectivity index (χ0n) is 10.5. The first-order valence-corrected chi connectivity index (χ1v) is 6.07. The molecule has 100 valence electrons. The quantitative estimate of drug-likeness (QED) is 0.790. The van der Waals surface area contributed by atoms with Gasteiger partial charge >= 0.3 is 0 Å². The maximum Gasteiger partial charge on any atom is 0.159 e. The Labute approximate surface area is 120 Å². The molecule has 2 aromatic rings. The number of rotatable bonds is 3. The van der Waals surface area contributed by atoms with Crippen LogP contribution in [-0.2, 0) is 0 Å².